The van der Waals surface area contributed by atoms with Crippen LogP contribution in [0.15, 0.2) is 0 Å². The first-order chi connectivity index (χ1) is 5.56. The maximum Gasteiger partial charge on any atom is 0.226 e. The molecule has 12 heavy (non-hydrogen) atoms. The molecule has 0 atom stereocenters. The van der Waals surface area contributed by atoms with E-state index in [0.29, 0.717) is 6.54 Å². The van der Waals surface area contributed by atoms with Crippen LogP contribution < -0.4 is 11.1 Å². The van der Waals surface area contributed by atoms with Gasteiger partial charge in [-0.3, -0.25) is 4.79 Å². The van der Waals surface area contributed by atoms with Crippen molar-refractivity contribution in [3.05, 3.63) is 0 Å². The summed E-state index contributed by atoms with van der Waals surface area (Å²) in [5.41, 5.74) is 5.06. The third-order valence-corrected chi connectivity index (χ3v) is 2.37. The Morgan fingerprint density at radius 3 is 2.58 bits per heavy atom. The minimum absolute atomic E-state index is 0.0805. The topological polar surface area (TPSA) is 55.1 Å². The van der Waals surface area contributed by atoms with Gasteiger partial charge in [0, 0.05) is 13.1 Å². The zero-order valence-corrected chi connectivity index (χ0v) is 7.89. The van der Waals surface area contributed by atoms with E-state index < -0.39 is 5.41 Å². The first-order valence-corrected chi connectivity index (χ1v) is 4.54. The van der Waals surface area contributed by atoms with E-state index >= 15 is 0 Å². The Hall–Kier alpha value is -0.570. The van der Waals surface area contributed by atoms with Crippen molar-refractivity contribution in [1.29, 1.82) is 0 Å². The van der Waals surface area contributed by atoms with Crippen molar-refractivity contribution < 1.29 is 4.79 Å². The maximum absolute atomic E-state index is 11.4. The Bertz CT molecular complexity index is 173. The highest BCUT2D eigenvalue weighted by atomic mass is 16.2. The molecule has 70 valence electrons. The first kappa shape index (κ1) is 9.52. The summed E-state index contributed by atoms with van der Waals surface area (Å²) in [4.78, 5) is 11.4. The highest BCUT2D eigenvalue weighted by molar-refractivity contribution is 5.82. The van der Waals surface area contributed by atoms with Gasteiger partial charge in [-0.1, -0.05) is 0 Å². The number of rotatable bonds is 4. The average Bonchev–Trinajstić information content (AvgIpc) is 2.83. The Morgan fingerprint density at radius 2 is 2.17 bits per heavy atom. The van der Waals surface area contributed by atoms with E-state index in [9.17, 15) is 4.79 Å². The van der Waals surface area contributed by atoms with Gasteiger partial charge in [-0.25, -0.2) is 0 Å². The molecular weight excluding hydrogens is 152 g/mol. The lowest BCUT2D eigenvalue weighted by molar-refractivity contribution is -0.128. The Labute approximate surface area is 73.7 Å². The molecule has 0 aliphatic heterocycles. The summed E-state index contributed by atoms with van der Waals surface area (Å²) in [7, 11) is 0. The number of nitrogens with two attached hydrogens (primary N) is 1. The van der Waals surface area contributed by atoms with Gasteiger partial charge in [0.25, 0.3) is 0 Å². The van der Waals surface area contributed by atoms with Crippen LogP contribution in [0.2, 0.25) is 0 Å². The summed E-state index contributed by atoms with van der Waals surface area (Å²) >= 11 is 0. The molecule has 0 spiro atoms. The minimum atomic E-state index is -0.408. The predicted molar refractivity (Wildman–Crippen MR) is 48.6 cm³/mol. The zero-order chi connectivity index (χ0) is 9.19. The van der Waals surface area contributed by atoms with Crippen molar-refractivity contribution in [3.8, 4) is 0 Å². The van der Waals surface area contributed by atoms with Gasteiger partial charge in [-0.05, 0) is 32.6 Å². The molecule has 3 nitrogen and oxygen atoms in total. The quantitative estimate of drug-likeness (QED) is 0.645. The summed E-state index contributed by atoms with van der Waals surface area (Å²) in [5.74, 6) is 0.819. The van der Waals surface area contributed by atoms with E-state index in [1.807, 2.05) is 13.8 Å². The summed E-state index contributed by atoms with van der Waals surface area (Å²) in [6.45, 7) is 4.98. The van der Waals surface area contributed by atoms with Crippen LogP contribution in [0.25, 0.3) is 0 Å². The Balaban J connectivity index is 2.25. The van der Waals surface area contributed by atoms with E-state index in [0.717, 1.165) is 12.5 Å². The molecule has 1 aliphatic carbocycles. The van der Waals surface area contributed by atoms with Crippen LogP contribution in [0.3, 0.4) is 0 Å². The lowest BCUT2D eigenvalue weighted by Gasteiger charge is -2.20. The van der Waals surface area contributed by atoms with Gasteiger partial charge in [0.05, 0.1) is 5.41 Å². The molecule has 3 N–H and O–H groups in total. The van der Waals surface area contributed by atoms with Crippen molar-refractivity contribution in [2.75, 3.05) is 13.1 Å². The van der Waals surface area contributed by atoms with Gasteiger partial charge >= 0.3 is 0 Å². The summed E-state index contributed by atoms with van der Waals surface area (Å²) in [6, 6.07) is 0. The smallest absolute Gasteiger partial charge is 0.226 e. The first-order valence-electron chi connectivity index (χ1n) is 4.54. The molecule has 0 saturated heterocycles. The van der Waals surface area contributed by atoms with Crippen LogP contribution >= 0.6 is 0 Å². The van der Waals surface area contributed by atoms with Crippen LogP contribution in [0, 0.1) is 11.3 Å². The molecule has 1 amide bonds. The van der Waals surface area contributed by atoms with Gasteiger partial charge in [0.15, 0.2) is 0 Å². The standard InChI is InChI=1S/C9H18N2O/c1-9(2,6-10)8(12)11-5-7-3-4-7/h7H,3-6,10H2,1-2H3,(H,11,12). The Kier molecular flexibility index (Phi) is 2.73. The highest BCUT2D eigenvalue weighted by Gasteiger charge is 2.28. The van der Waals surface area contributed by atoms with Crippen LogP contribution in [0.1, 0.15) is 26.7 Å². The van der Waals surface area contributed by atoms with E-state index in [1.54, 1.807) is 0 Å². The molecule has 1 saturated carbocycles. The minimum Gasteiger partial charge on any atom is -0.355 e. The van der Waals surface area contributed by atoms with Crippen molar-refractivity contribution in [2.45, 2.75) is 26.7 Å². The van der Waals surface area contributed by atoms with Gasteiger partial charge in [-0.2, -0.15) is 0 Å². The maximum atomic E-state index is 11.4. The molecule has 3 heteroatoms. The summed E-state index contributed by atoms with van der Waals surface area (Å²) in [5, 5.41) is 2.92. The van der Waals surface area contributed by atoms with E-state index in [-0.39, 0.29) is 5.91 Å². The highest BCUT2D eigenvalue weighted by Crippen LogP contribution is 2.27. The molecule has 0 aromatic rings. The van der Waals surface area contributed by atoms with Crippen LogP contribution in [-0.4, -0.2) is 19.0 Å². The SMILES string of the molecule is CC(C)(CN)C(=O)NCC1CC1. The van der Waals surface area contributed by atoms with Gasteiger partial charge in [-0.15, -0.1) is 0 Å². The second-order valence-corrected chi connectivity index (χ2v) is 4.24. The molecule has 0 bridgehead atoms. The molecule has 1 fully saturated rings. The molecule has 0 heterocycles. The second-order valence-electron chi connectivity index (χ2n) is 4.24. The molecular formula is C9H18N2O. The van der Waals surface area contributed by atoms with Crippen molar-refractivity contribution in [3.63, 3.8) is 0 Å². The third kappa shape index (κ3) is 2.48. The fraction of sp³-hybridized carbons (Fsp3) is 0.889. The second kappa shape index (κ2) is 3.44. The number of amides is 1. The van der Waals surface area contributed by atoms with Gasteiger partial charge in [0.1, 0.15) is 0 Å². The lowest BCUT2D eigenvalue weighted by atomic mass is 9.93. The normalized spacial score (nSPS) is 17.6. The molecule has 1 rings (SSSR count). The predicted octanol–water partition coefficient (Wildman–Crippen LogP) is 0.497. The third-order valence-electron chi connectivity index (χ3n) is 2.37. The van der Waals surface area contributed by atoms with Crippen LogP contribution in [0.4, 0.5) is 0 Å². The summed E-state index contributed by atoms with van der Waals surface area (Å²) < 4.78 is 0. The van der Waals surface area contributed by atoms with Crippen molar-refractivity contribution in [2.24, 2.45) is 17.1 Å². The zero-order valence-electron chi connectivity index (χ0n) is 7.89. The largest absolute Gasteiger partial charge is 0.355 e. The van der Waals surface area contributed by atoms with Crippen LogP contribution in [0.5, 0.6) is 0 Å². The monoisotopic (exact) mass is 170 g/mol. The van der Waals surface area contributed by atoms with Crippen LogP contribution in [-0.2, 0) is 4.79 Å². The average molecular weight is 170 g/mol. The lowest BCUT2D eigenvalue weighted by Crippen LogP contribution is -2.42. The Morgan fingerprint density at radius 1 is 1.58 bits per heavy atom. The molecule has 1 aliphatic rings. The number of hydrogen-bond acceptors (Lipinski definition) is 2. The van der Waals surface area contributed by atoms with Gasteiger partial charge in [0.2, 0.25) is 5.91 Å². The van der Waals surface area contributed by atoms with Gasteiger partial charge < -0.3 is 11.1 Å². The molecule has 0 unspecified atom stereocenters. The summed E-state index contributed by atoms with van der Waals surface area (Å²) in [6.07, 6.45) is 2.53. The van der Waals surface area contributed by atoms with E-state index in [2.05, 4.69) is 5.32 Å². The van der Waals surface area contributed by atoms with Crippen molar-refractivity contribution in [1.82, 2.24) is 5.32 Å². The van der Waals surface area contributed by atoms with E-state index in [4.69, 9.17) is 5.73 Å². The van der Waals surface area contributed by atoms with Crippen molar-refractivity contribution >= 4 is 5.91 Å². The molecule has 0 aromatic carbocycles. The number of carbonyl (C=O) groups is 1. The number of nitrogens with one attached hydrogen (secondary N) is 1. The molecule has 0 aromatic heterocycles. The molecule has 0 radical (unpaired) electrons. The number of carbonyl (C=O) groups excluding carboxylic acids is 1. The number of hydrogen-bond donors (Lipinski definition) is 2. The fourth-order valence-corrected chi connectivity index (χ4v) is 0.891. The fourth-order valence-electron chi connectivity index (χ4n) is 0.891. The van der Waals surface area contributed by atoms with E-state index in [1.165, 1.54) is 12.8 Å².